The number of rotatable bonds is 66. The first kappa shape index (κ1) is 83.9. The smallest absolute Gasteiger partial charge is 0.246 e. The summed E-state index contributed by atoms with van der Waals surface area (Å²) >= 11 is 0. The fourth-order valence-electron chi connectivity index (χ4n) is 6.18. The molecule has 0 spiro atoms. The molecule has 0 bridgehead atoms. The first-order chi connectivity index (χ1) is 41.0. The van der Waals surface area contributed by atoms with E-state index in [1.165, 1.54) is 12.5 Å². The number of amides is 6. The Morgan fingerprint density at radius 3 is 0.847 bits per heavy atom. The van der Waals surface area contributed by atoms with Gasteiger partial charge >= 0.3 is 0 Å². The maximum absolute atomic E-state index is 13.1. The van der Waals surface area contributed by atoms with Crippen molar-refractivity contribution in [2.75, 3.05) is 258 Å². The van der Waals surface area contributed by atoms with E-state index in [4.69, 9.17) is 71.1 Å². The van der Waals surface area contributed by atoms with Crippen LogP contribution in [-0.2, 0) is 137 Å². The van der Waals surface area contributed by atoms with Crippen molar-refractivity contribution in [1.82, 2.24) is 48.1 Å². The predicted molar refractivity (Wildman–Crippen MR) is 300 cm³/mol. The Balaban J connectivity index is 0. The number of hydrogen-bond acceptors (Lipinski definition) is 25. The molecule has 0 heterocycles. The number of halogens is 1. The van der Waals surface area contributed by atoms with Crippen LogP contribution in [0.1, 0.15) is 26.2 Å². The molecule has 495 valence electrons. The van der Waals surface area contributed by atoms with Crippen molar-refractivity contribution < 1.29 is 142 Å². The molecular weight excluding hydrogens is 1210 g/mol. The molecule has 6 amide bonds. The molecule has 31 nitrogen and oxygen atoms in total. The Kier molecular flexibility index (Phi) is 65.9. The molecule has 0 aromatic rings. The van der Waals surface area contributed by atoms with Crippen molar-refractivity contribution in [3.63, 3.8) is 0 Å². The van der Waals surface area contributed by atoms with Gasteiger partial charge in [-0.05, 0) is 21.0 Å². The van der Waals surface area contributed by atoms with E-state index < -0.39 is 60.7 Å². The van der Waals surface area contributed by atoms with Crippen molar-refractivity contribution in [3.8, 4) is 0 Å². The Morgan fingerprint density at radius 1 is 0.318 bits per heavy atom. The molecule has 0 fully saturated rings. The van der Waals surface area contributed by atoms with Crippen LogP contribution in [0.5, 0.6) is 0 Å². The van der Waals surface area contributed by atoms with E-state index in [1.807, 2.05) is 14.1 Å². The summed E-state index contributed by atoms with van der Waals surface area (Å²) in [6, 6.07) is -2.44. The quantitative estimate of drug-likeness (QED) is 0.0204. The first-order valence-electron chi connectivity index (χ1n) is 28.5. The monoisotopic (exact) mass is 1310 g/mol. The van der Waals surface area contributed by atoms with E-state index in [9.17, 15) is 38.0 Å². The molecule has 0 aliphatic heterocycles. The molecule has 0 aliphatic rings. The molecule has 0 aromatic carbocycles. The van der Waals surface area contributed by atoms with Gasteiger partial charge in [-0.25, -0.2) is 0 Å². The Bertz CT molecular complexity index is 1620. The van der Waals surface area contributed by atoms with E-state index in [1.54, 1.807) is 0 Å². The Labute approximate surface area is 525 Å². The minimum atomic E-state index is -1.24. The summed E-state index contributed by atoms with van der Waals surface area (Å²) in [5.41, 5.74) is 1.49. The number of hydrogen-bond donors (Lipinski definition) is 9. The maximum atomic E-state index is 13.1. The van der Waals surface area contributed by atoms with Crippen molar-refractivity contribution >= 4 is 41.2 Å². The number of ether oxygens (including phenoxy) is 15. The topological polar surface area (TPSA) is 366 Å². The average Bonchev–Trinajstić information content (AvgIpc) is 3.60. The third kappa shape index (κ3) is 62.2. The van der Waals surface area contributed by atoms with Gasteiger partial charge in [-0.2, -0.15) is 5.54 Å². The summed E-state index contributed by atoms with van der Waals surface area (Å²) in [7, 11) is 3.67. The second kappa shape index (κ2) is 66.8. The van der Waals surface area contributed by atoms with Crippen LogP contribution in [0.15, 0.2) is 0 Å². The summed E-state index contributed by atoms with van der Waals surface area (Å²) in [6.45, 7) is 10.3. The molecule has 0 aliphatic carbocycles. The molecule has 2 unspecified atom stereocenters. The second-order valence-electron chi connectivity index (χ2n) is 17.5. The van der Waals surface area contributed by atoms with Crippen LogP contribution in [0.3, 0.4) is 0 Å². The van der Waals surface area contributed by atoms with Gasteiger partial charge in [0.1, 0.15) is 31.1 Å². The number of nitrogens with one attached hydrogen (secondary N) is 9. The average molecular weight is 1310 g/mol. The summed E-state index contributed by atoms with van der Waals surface area (Å²) in [5.74, 6) is -3.43. The van der Waals surface area contributed by atoms with Crippen LogP contribution in [0.25, 0.3) is 0 Å². The summed E-state index contributed by atoms with van der Waals surface area (Å²) < 4.78 is 93.0. The largest absolute Gasteiger partial charge is 0.379 e. The van der Waals surface area contributed by atoms with Crippen LogP contribution in [-0.4, -0.2) is 311 Å². The van der Waals surface area contributed by atoms with Crippen LogP contribution in [0.2, 0.25) is 0 Å². The predicted octanol–water partition coefficient (Wildman–Crippen LogP) is -4.66. The normalized spacial score (nSPS) is 11.8. The fourth-order valence-corrected chi connectivity index (χ4v) is 6.18. The van der Waals surface area contributed by atoms with Crippen LogP contribution in [0, 0.1) is 0 Å². The minimum Gasteiger partial charge on any atom is -0.379 e. The third-order valence-electron chi connectivity index (χ3n) is 10.4. The van der Waals surface area contributed by atoms with Crippen LogP contribution in [0.4, 0.5) is 4.48 Å². The van der Waals surface area contributed by atoms with E-state index in [-0.39, 0.29) is 183 Å². The minimum absolute atomic E-state index is 0. The number of carbonyl (C=O) groups is 7. The van der Waals surface area contributed by atoms with Gasteiger partial charge in [-0.3, -0.25) is 33.6 Å². The van der Waals surface area contributed by atoms with Gasteiger partial charge in [0.25, 0.3) is 0 Å². The van der Waals surface area contributed by atoms with Gasteiger partial charge in [-0.15, -0.1) is 4.48 Å². The van der Waals surface area contributed by atoms with Crippen molar-refractivity contribution in [3.05, 3.63) is 0 Å². The molecule has 0 aromatic heterocycles. The Morgan fingerprint density at radius 2 is 0.565 bits per heavy atom. The van der Waals surface area contributed by atoms with Gasteiger partial charge in [-0.1, -0.05) is 0 Å². The van der Waals surface area contributed by atoms with Gasteiger partial charge in [0.2, 0.25) is 35.4 Å². The zero-order chi connectivity index (χ0) is 61.5. The molecule has 0 rings (SSSR count). The number of Topliss-reactive ketones (excluding diaryl/α,β-unsaturated/α-hetero) is 1. The number of ketones is 1. The maximum Gasteiger partial charge on any atom is 0.246 e. The van der Waals surface area contributed by atoms with Crippen LogP contribution < -0.4 is 48.1 Å². The van der Waals surface area contributed by atoms with Gasteiger partial charge in [0, 0.05) is 84.9 Å². The number of carbonyl (C=O) groups excluding carboxylic acids is 7. The second-order valence-corrected chi connectivity index (χ2v) is 17.5. The van der Waals surface area contributed by atoms with E-state index in [0.717, 1.165) is 13.1 Å². The molecule has 85 heavy (non-hydrogen) atoms. The Hall–Kier alpha value is -3.20. The van der Waals surface area contributed by atoms with Gasteiger partial charge in [0.15, 0.2) is 0 Å². The molecule has 33 heteroatoms. The van der Waals surface area contributed by atoms with Crippen molar-refractivity contribution in [1.29, 1.82) is 0 Å². The zero-order valence-electron chi connectivity index (χ0n) is 50.4. The number of likely N-dealkylation sites (N-methyl/N-ethyl adjacent to an activating group) is 2. The molecule has 0 saturated heterocycles. The standard InChI is InChI=1S/C52H100FN9O22.Y/c1-44(63)4-12-70-20-28-78-31-25-75-17-9-58-52(69)46(41-48(65)57-8-16-74-24-30-80-33-27-77-19-11-60-53)62-50(67)43-84-39-37-82-35-34-81-36-38-83-42-49(66)61-45(40-47(64)56-7-15-73-22-21-71-13-5-54-2)51(68)59-10-18-76-26-32-79-29-23-72-14-6-55-3;/h45-46,54-55,60H,4-43H2,1-3H3,(H,56,64)(H,57,65)(H,58,69)(H,59,68)(H,61,66)(H,62,67);. The van der Waals surface area contributed by atoms with E-state index in [0.29, 0.717) is 92.3 Å². The van der Waals surface area contributed by atoms with E-state index in [2.05, 4.69) is 42.5 Å². The van der Waals surface area contributed by atoms with E-state index >= 15 is 0 Å². The summed E-state index contributed by atoms with van der Waals surface area (Å²) in [6.07, 6.45) is -0.370. The van der Waals surface area contributed by atoms with Gasteiger partial charge in [0.05, 0.1) is 198 Å². The molecule has 1 radical (unpaired) electrons. The third-order valence-corrected chi connectivity index (χ3v) is 10.4. The zero-order valence-corrected chi connectivity index (χ0v) is 53.2. The SMILES string of the molecule is CNCCOCCOCCNC(=O)CC(NC(=O)COCCOCCOCCOCC(=O)NC(CC(=O)NCCOCCOCCOCCNF)C(=O)NCCOCCOCCOCCC(C)=O)C(=O)NCCOCCOCCOCCNC.[Y]. The summed E-state index contributed by atoms with van der Waals surface area (Å²) in [5, 5.41) is 21.7. The molecule has 2 atom stereocenters. The fraction of sp³-hybridized carbons (Fsp3) is 0.865. The summed E-state index contributed by atoms with van der Waals surface area (Å²) in [4.78, 5) is 88.3. The van der Waals surface area contributed by atoms with Gasteiger partial charge < -0.3 is 114 Å². The van der Waals surface area contributed by atoms with Crippen molar-refractivity contribution in [2.24, 2.45) is 0 Å². The molecular formula is C52H100FN9O22Y. The van der Waals surface area contributed by atoms with Crippen molar-refractivity contribution in [2.45, 2.75) is 38.3 Å². The molecule has 0 saturated carbocycles. The molecule has 9 N–H and O–H groups in total. The van der Waals surface area contributed by atoms with Crippen LogP contribution >= 0.6 is 0 Å². The first-order valence-corrected chi connectivity index (χ1v) is 28.5.